The fourth-order valence-corrected chi connectivity index (χ4v) is 4.25. The second-order valence-electron chi connectivity index (χ2n) is 8.51. The molecule has 4 aromatic rings. The van der Waals surface area contributed by atoms with Crippen molar-refractivity contribution in [3.8, 4) is 0 Å². The molecule has 8 heteroatoms. The number of para-hydroxylation sites is 1. The third-order valence-electron chi connectivity index (χ3n) is 5.72. The first-order valence-electron chi connectivity index (χ1n) is 11.0. The van der Waals surface area contributed by atoms with Crippen LogP contribution in [0, 0.1) is 27.7 Å². The minimum Gasteiger partial charge on any atom is -0.320 e. The van der Waals surface area contributed by atoms with E-state index in [-0.39, 0.29) is 5.69 Å². The molecule has 0 aliphatic rings. The van der Waals surface area contributed by atoms with Gasteiger partial charge in [-0.25, -0.2) is 4.68 Å². The van der Waals surface area contributed by atoms with Gasteiger partial charge in [0.2, 0.25) is 0 Å². The van der Waals surface area contributed by atoms with Gasteiger partial charge in [0.15, 0.2) is 0 Å². The maximum Gasteiger partial charge on any atom is 0.328 e. The van der Waals surface area contributed by atoms with Crippen molar-refractivity contribution in [1.29, 1.82) is 0 Å². The lowest BCUT2D eigenvalue weighted by atomic mass is 10.1. The molecule has 0 aliphatic heterocycles. The van der Waals surface area contributed by atoms with Gasteiger partial charge in [0.05, 0.1) is 5.52 Å². The minimum absolute atomic E-state index is 0.148. The Labute approximate surface area is 208 Å². The normalized spacial score (nSPS) is 10.8. The number of nitrogens with one attached hydrogen (secondary N) is 3. The van der Waals surface area contributed by atoms with Gasteiger partial charge >= 0.3 is 11.8 Å². The van der Waals surface area contributed by atoms with Gasteiger partial charge in [-0.3, -0.25) is 19.8 Å². The van der Waals surface area contributed by atoms with E-state index < -0.39 is 17.7 Å². The molecule has 0 saturated carbocycles. The zero-order chi connectivity index (χ0) is 25.3. The van der Waals surface area contributed by atoms with E-state index in [9.17, 15) is 14.4 Å². The molecule has 0 fully saturated rings. The predicted molar refractivity (Wildman–Crippen MR) is 140 cm³/mol. The van der Waals surface area contributed by atoms with Gasteiger partial charge in [-0.15, -0.1) is 0 Å². The molecular formula is C27H25ClN4O3. The standard InChI is InChI=1S/C27H25ClN4O3/c1-15-11-17(3)24(18(4)12-15)30-26(34)27(35)31-32-22-10-9-20(28)13-19(22)14-23(32)25(33)29-21-8-6-5-7-16(21)2/h5-14H,1-4H3,(H,29,33)(H,30,34)(H,31,35). The van der Waals surface area contributed by atoms with Gasteiger partial charge in [-0.1, -0.05) is 47.5 Å². The van der Waals surface area contributed by atoms with Crippen molar-refractivity contribution in [2.24, 2.45) is 0 Å². The van der Waals surface area contributed by atoms with Gasteiger partial charge in [0.1, 0.15) is 5.69 Å². The van der Waals surface area contributed by atoms with E-state index in [4.69, 9.17) is 11.6 Å². The fourth-order valence-electron chi connectivity index (χ4n) is 4.07. The average Bonchev–Trinajstić information content (AvgIpc) is 3.14. The molecule has 3 amide bonds. The molecule has 178 valence electrons. The molecule has 0 atom stereocenters. The van der Waals surface area contributed by atoms with Crippen LogP contribution in [0.2, 0.25) is 5.02 Å². The molecule has 3 aromatic carbocycles. The third kappa shape index (κ3) is 5.05. The number of aryl methyl sites for hydroxylation is 4. The van der Waals surface area contributed by atoms with Crippen molar-refractivity contribution in [2.75, 3.05) is 16.1 Å². The van der Waals surface area contributed by atoms with Crippen LogP contribution in [0.15, 0.2) is 60.7 Å². The van der Waals surface area contributed by atoms with E-state index in [1.165, 1.54) is 4.68 Å². The highest BCUT2D eigenvalue weighted by atomic mass is 35.5. The van der Waals surface area contributed by atoms with Crippen molar-refractivity contribution in [1.82, 2.24) is 4.68 Å². The second-order valence-corrected chi connectivity index (χ2v) is 8.94. The molecular weight excluding hydrogens is 464 g/mol. The number of benzene rings is 3. The number of aromatic nitrogens is 1. The third-order valence-corrected chi connectivity index (χ3v) is 5.96. The second kappa shape index (κ2) is 9.64. The van der Waals surface area contributed by atoms with Crippen molar-refractivity contribution < 1.29 is 14.4 Å². The molecule has 0 aliphatic carbocycles. The predicted octanol–water partition coefficient (Wildman–Crippen LogP) is 5.49. The van der Waals surface area contributed by atoms with Crippen LogP contribution in [0.3, 0.4) is 0 Å². The molecule has 7 nitrogen and oxygen atoms in total. The lowest BCUT2D eigenvalue weighted by Gasteiger charge is -2.15. The lowest BCUT2D eigenvalue weighted by molar-refractivity contribution is -0.133. The largest absolute Gasteiger partial charge is 0.328 e. The highest BCUT2D eigenvalue weighted by Crippen LogP contribution is 2.25. The molecule has 0 unspecified atom stereocenters. The van der Waals surface area contributed by atoms with E-state index in [0.29, 0.717) is 27.3 Å². The summed E-state index contributed by atoms with van der Waals surface area (Å²) in [6, 6.07) is 17.8. The number of carbonyl (C=O) groups excluding carboxylic acids is 3. The maximum atomic E-state index is 13.2. The van der Waals surface area contributed by atoms with Gasteiger partial charge in [-0.2, -0.15) is 0 Å². The number of amides is 3. The van der Waals surface area contributed by atoms with Gasteiger partial charge < -0.3 is 10.6 Å². The molecule has 4 rings (SSSR count). The van der Waals surface area contributed by atoms with E-state index in [1.807, 2.05) is 58.0 Å². The topological polar surface area (TPSA) is 92.2 Å². The van der Waals surface area contributed by atoms with Crippen molar-refractivity contribution in [2.45, 2.75) is 27.7 Å². The first-order valence-corrected chi connectivity index (χ1v) is 11.4. The minimum atomic E-state index is -0.915. The number of rotatable bonds is 4. The Hall–Kier alpha value is -4.10. The van der Waals surface area contributed by atoms with E-state index in [2.05, 4.69) is 16.1 Å². The van der Waals surface area contributed by atoms with Crippen LogP contribution in [-0.4, -0.2) is 22.4 Å². The molecule has 1 aromatic heterocycles. The number of carbonyl (C=O) groups is 3. The summed E-state index contributed by atoms with van der Waals surface area (Å²) in [4.78, 5) is 38.9. The summed E-state index contributed by atoms with van der Waals surface area (Å²) >= 11 is 6.14. The fraction of sp³-hybridized carbons (Fsp3) is 0.148. The van der Waals surface area contributed by atoms with Crippen LogP contribution in [0.1, 0.15) is 32.7 Å². The molecule has 0 saturated heterocycles. The van der Waals surface area contributed by atoms with Crippen molar-refractivity contribution in [3.63, 3.8) is 0 Å². The van der Waals surface area contributed by atoms with Crippen LogP contribution >= 0.6 is 11.6 Å². The SMILES string of the molecule is Cc1cc(C)c(NC(=O)C(=O)Nn2c(C(=O)Nc3ccccc3C)cc3cc(Cl)ccc32)c(C)c1. The Morgan fingerprint density at radius 3 is 2.14 bits per heavy atom. The van der Waals surface area contributed by atoms with Gasteiger partial charge in [0, 0.05) is 21.8 Å². The Morgan fingerprint density at radius 2 is 1.46 bits per heavy atom. The number of anilines is 2. The monoisotopic (exact) mass is 488 g/mol. The summed E-state index contributed by atoms with van der Waals surface area (Å²) in [6.45, 7) is 7.58. The molecule has 1 heterocycles. The van der Waals surface area contributed by atoms with Crippen LogP contribution in [-0.2, 0) is 9.59 Å². The van der Waals surface area contributed by atoms with Gasteiger partial charge in [0.25, 0.3) is 5.91 Å². The van der Waals surface area contributed by atoms with Crippen LogP contribution in [0.25, 0.3) is 10.9 Å². The summed E-state index contributed by atoms with van der Waals surface area (Å²) in [7, 11) is 0. The van der Waals surface area contributed by atoms with E-state index in [0.717, 1.165) is 22.3 Å². The Bertz CT molecular complexity index is 1470. The molecule has 3 N–H and O–H groups in total. The first-order chi connectivity index (χ1) is 16.6. The van der Waals surface area contributed by atoms with Crippen LogP contribution in [0.5, 0.6) is 0 Å². The first kappa shape index (κ1) is 24.0. The van der Waals surface area contributed by atoms with Crippen LogP contribution in [0.4, 0.5) is 11.4 Å². The smallest absolute Gasteiger partial charge is 0.320 e. The summed E-state index contributed by atoms with van der Waals surface area (Å²) in [5.74, 6) is -2.21. The number of hydrogen-bond acceptors (Lipinski definition) is 3. The molecule has 0 bridgehead atoms. The number of hydrogen-bond donors (Lipinski definition) is 3. The zero-order valence-corrected chi connectivity index (χ0v) is 20.6. The van der Waals surface area contributed by atoms with Crippen molar-refractivity contribution in [3.05, 3.63) is 93.6 Å². The summed E-state index contributed by atoms with van der Waals surface area (Å²) in [5, 5.41) is 6.66. The molecule has 0 radical (unpaired) electrons. The quantitative estimate of drug-likeness (QED) is 0.332. The average molecular weight is 489 g/mol. The van der Waals surface area contributed by atoms with Crippen LogP contribution < -0.4 is 16.1 Å². The highest BCUT2D eigenvalue weighted by Gasteiger charge is 2.22. The van der Waals surface area contributed by atoms with Gasteiger partial charge in [-0.05, 0) is 74.7 Å². The summed E-state index contributed by atoms with van der Waals surface area (Å²) in [6.07, 6.45) is 0. The number of nitrogens with zero attached hydrogens (tertiary/aromatic N) is 1. The van der Waals surface area contributed by atoms with E-state index >= 15 is 0 Å². The molecule has 0 spiro atoms. The summed E-state index contributed by atoms with van der Waals surface area (Å²) in [5.41, 5.74) is 8.10. The highest BCUT2D eigenvalue weighted by molar-refractivity contribution is 6.42. The number of halogens is 1. The Kier molecular flexibility index (Phi) is 6.62. The van der Waals surface area contributed by atoms with Crippen molar-refractivity contribution >= 4 is 51.6 Å². The lowest BCUT2D eigenvalue weighted by Crippen LogP contribution is -2.36. The summed E-state index contributed by atoms with van der Waals surface area (Å²) < 4.78 is 1.30. The number of fused-ring (bicyclic) bond motifs is 1. The van der Waals surface area contributed by atoms with E-state index in [1.54, 1.807) is 30.3 Å². The molecule has 35 heavy (non-hydrogen) atoms. The Morgan fingerprint density at radius 1 is 0.771 bits per heavy atom. The zero-order valence-electron chi connectivity index (χ0n) is 19.8. The maximum absolute atomic E-state index is 13.2. The Balaban J connectivity index is 1.65.